The monoisotopic (exact) mass is 316 g/mol. The van der Waals surface area contributed by atoms with Crippen molar-refractivity contribution in [3.63, 3.8) is 0 Å². The normalized spacial score (nSPS) is 11.7. The number of rotatable bonds is 6. The van der Waals surface area contributed by atoms with E-state index in [0.29, 0.717) is 0 Å². The van der Waals surface area contributed by atoms with Crippen molar-refractivity contribution in [3.8, 4) is 0 Å². The molecule has 2 radical (unpaired) electrons. The van der Waals surface area contributed by atoms with Crippen molar-refractivity contribution in [2.45, 2.75) is 0 Å². The predicted molar refractivity (Wildman–Crippen MR) is 75.9 cm³/mol. The molecule has 0 unspecified atom stereocenters. The summed E-state index contributed by atoms with van der Waals surface area (Å²) < 4.78 is 4.42. The van der Waals surface area contributed by atoms with Crippen LogP contribution in [0, 0.1) is 0 Å². The van der Waals surface area contributed by atoms with Gasteiger partial charge in [0.15, 0.2) is 0 Å². The molecule has 0 aromatic rings. The maximum absolute atomic E-state index is 4.88. The van der Waals surface area contributed by atoms with E-state index in [2.05, 4.69) is 15.8 Å². The van der Waals surface area contributed by atoms with Crippen molar-refractivity contribution >= 4 is 97.7 Å². The van der Waals surface area contributed by atoms with Gasteiger partial charge >= 0.3 is 8.05 Å². The minimum absolute atomic E-state index is 1.30. The molecule has 0 aliphatic carbocycles. The second-order valence-corrected chi connectivity index (χ2v) is 17.0. The molecule has 0 atom stereocenters. The molecular formula is HBOS9. The summed E-state index contributed by atoms with van der Waals surface area (Å²) >= 11 is 13.6. The summed E-state index contributed by atoms with van der Waals surface area (Å²) in [4.78, 5) is 0. The zero-order valence-electron chi connectivity index (χ0n) is 4.70. The Morgan fingerprint density at radius 1 is 1.27 bits per heavy atom. The topological polar surface area (TPSA) is 9.23 Å². The fraction of sp³-hybridized carbons (Fsp3) is 0. The highest BCUT2D eigenvalue weighted by Crippen LogP contribution is 2.51. The van der Waals surface area contributed by atoms with Crippen LogP contribution in [0.25, 0.3) is 0 Å². The Hall–Kier alpha value is 2.91. The van der Waals surface area contributed by atoms with Crippen LogP contribution in [-0.4, -0.2) is 8.05 Å². The van der Waals surface area contributed by atoms with Crippen molar-refractivity contribution in [3.05, 3.63) is 0 Å². The van der Waals surface area contributed by atoms with E-state index in [1.54, 1.807) is 0 Å². The van der Waals surface area contributed by atoms with Crippen LogP contribution in [0.2, 0.25) is 0 Å². The number of hydrogen-bond acceptors (Lipinski definition) is 9. The third-order valence-corrected chi connectivity index (χ3v) is 15.5. The van der Waals surface area contributed by atoms with E-state index in [-0.39, 0.29) is 0 Å². The van der Waals surface area contributed by atoms with Gasteiger partial charge in [0.1, 0.15) is 0 Å². The average molecular weight is 316 g/mol. The van der Waals surface area contributed by atoms with Crippen molar-refractivity contribution < 1.29 is 4.10 Å². The lowest BCUT2D eigenvalue weighted by Gasteiger charge is -2.03. The average Bonchev–Trinajstić information content (AvgIpc) is 1.99. The second-order valence-electron chi connectivity index (χ2n) is 0.851. The zero-order valence-corrected chi connectivity index (χ0v) is 12.1. The molecule has 1 nitrogen and oxygen atoms in total. The molecule has 0 spiro atoms. The Bertz CT molecular complexity index is 168. The van der Waals surface area contributed by atoms with Gasteiger partial charge in [-0.25, -0.2) is 0 Å². The summed E-state index contributed by atoms with van der Waals surface area (Å²) in [6, 6.07) is 0. The largest absolute Gasteiger partial charge is 0.377 e. The van der Waals surface area contributed by atoms with Gasteiger partial charge in [0.05, 0.1) is 6.46 Å². The molecule has 0 aromatic heterocycles. The molecule has 0 aliphatic heterocycles. The van der Waals surface area contributed by atoms with E-state index in [0.717, 1.165) is 0 Å². The molecule has 0 heterocycles. The number of thiol groups is 1. The van der Waals surface area contributed by atoms with E-state index < -0.39 is 6.46 Å². The molecule has 0 aliphatic rings. The first-order valence-electron chi connectivity index (χ1n) is 1.75. The van der Waals surface area contributed by atoms with Gasteiger partial charge in [0.25, 0.3) is 0 Å². The summed E-state index contributed by atoms with van der Waals surface area (Å²) in [7, 11) is 12.1. The molecule has 0 fully saturated rings. The van der Waals surface area contributed by atoms with E-state index in [1.807, 2.05) is 0 Å². The van der Waals surface area contributed by atoms with Crippen LogP contribution >= 0.6 is 60.8 Å². The Kier molecular flexibility index (Phi) is 10.4. The van der Waals surface area contributed by atoms with Gasteiger partial charge in [-0.1, -0.05) is 11.7 Å². The quantitative estimate of drug-likeness (QED) is 0.342. The van der Waals surface area contributed by atoms with Crippen LogP contribution in [0.15, 0.2) is 0 Å². The smallest absolute Gasteiger partial charge is 0.307 e. The lowest BCUT2D eigenvalue weighted by molar-refractivity contribution is 0.728. The van der Waals surface area contributed by atoms with Gasteiger partial charge in [0, 0.05) is 29.5 Å². The van der Waals surface area contributed by atoms with Gasteiger partial charge in [-0.2, -0.15) is 0 Å². The summed E-state index contributed by atoms with van der Waals surface area (Å²) in [6.45, 7) is -1.94. The van der Waals surface area contributed by atoms with E-state index in [1.165, 1.54) is 49.1 Å². The van der Waals surface area contributed by atoms with Crippen molar-refractivity contribution in [2.75, 3.05) is 0 Å². The first-order valence-corrected chi connectivity index (χ1v) is 12.9. The van der Waals surface area contributed by atoms with E-state index >= 15 is 0 Å². The molecule has 0 N–H and O–H groups in total. The highest BCUT2D eigenvalue weighted by Gasteiger charge is 2.00. The first-order chi connectivity index (χ1) is 5.12. The van der Waals surface area contributed by atoms with Crippen molar-refractivity contribution in [1.82, 2.24) is 0 Å². The third kappa shape index (κ3) is 9.22. The maximum atomic E-state index is 4.88. The fourth-order valence-electron chi connectivity index (χ4n) is 0.0852. The zero-order chi connectivity index (χ0) is 8.74. The highest BCUT2D eigenvalue weighted by molar-refractivity contribution is 9.46. The van der Waals surface area contributed by atoms with E-state index in [4.69, 9.17) is 30.4 Å². The molecular weight excluding hydrogens is 315 g/mol. The lowest BCUT2D eigenvalue weighted by Crippen LogP contribution is -1.89. The standard InChI is InChI=1S/BHOS9/c1-2-11(4,5)10-9-8-7-6-3/h3H. The van der Waals surface area contributed by atoms with Gasteiger partial charge in [-0.15, -0.1) is 0 Å². The van der Waals surface area contributed by atoms with Crippen molar-refractivity contribution in [1.29, 1.82) is 0 Å². The Balaban J connectivity index is 3.39. The molecule has 0 saturated heterocycles. The lowest BCUT2D eigenvalue weighted by atomic mass is 10.6. The molecule has 0 bridgehead atoms. The van der Waals surface area contributed by atoms with Crippen LogP contribution in [0.5, 0.6) is 0 Å². The molecule has 0 saturated carbocycles. The van der Waals surface area contributed by atoms with Crippen LogP contribution in [0.1, 0.15) is 0 Å². The number of hydrogen-bond donors (Lipinski definition) is 1. The Labute approximate surface area is 100 Å². The Morgan fingerprint density at radius 2 is 1.91 bits per heavy atom. The van der Waals surface area contributed by atoms with Gasteiger partial charge in [-0.3, -0.25) is 0 Å². The summed E-state index contributed by atoms with van der Waals surface area (Å²) in [5.41, 5.74) is 0. The first kappa shape index (κ1) is 13.9. The molecule has 11 heavy (non-hydrogen) atoms. The fourth-order valence-corrected chi connectivity index (χ4v) is 15.4. The van der Waals surface area contributed by atoms with Gasteiger partial charge < -0.3 is 4.10 Å². The molecule has 11 heteroatoms. The second kappa shape index (κ2) is 8.24. The minimum Gasteiger partial charge on any atom is -0.377 e. The molecule has 64 valence electrons. The van der Waals surface area contributed by atoms with Gasteiger partial charge in [-0.05, 0) is 42.0 Å². The summed E-state index contributed by atoms with van der Waals surface area (Å²) in [5.74, 6) is 0. The summed E-state index contributed by atoms with van der Waals surface area (Å²) in [6.07, 6.45) is 0. The van der Waals surface area contributed by atoms with Crippen molar-refractivity contribution in [2.24, 2.45) is 0 Å². The maximum Gasteiger partial charge on any atom is 0.307 e. The minimum atomic E-state index is -1.94. The molecule has 0 amide bonds. The van der Waals surface area contributed by atoms with Crippen LogP contribution in [0.4, 0.5) is 0 Å². The Morgan fingerprint density at radius 3 is 2.36 bits per heavy atom. The predicted octanol–water partition coefficient (Wildman–Crippen LogP) is 3.17. The van der Waals surface area contributed by atoms with Crippen LogP contribution in [-0.2, 0) is 32.9 Å². The third-order valence-electron chi connectivity index (χ3n) is 0.315. The molecule has 0 rings (SSSR count). The summed E-state index contributed by atoms with van der Waals surface area (Å²) in [5, 5.41) is 0. The SMILES string of the molecule is [B]OS(=S)(=S)SSSSSS. The van der Waals surface area contributed by atoms with Gasteiger partial charge in [0.2, 0.25) is 0 Å². The van der Waals surface area contributed by atoms with Crippen LogP contribution < -0.4 is 0 Å². The highest BCUT2D eigenvalue weighted by atomic mass is 34.0. The van der Waals surface area contributed by atoms with Crippen LogP contribution in [0.3, 0.4) is 0 Å². The molecule has 0 aromatic carbocycles. The van der Waals surface area contributed by atoms with E-state index in [9.17, 15) is 0 Å².